The number of fused-ring (bicyclic) bond motifs is 1. The number of benzene rings is 2. The zero-order chi connectivity index (χ0) is 20.1. The second-order valence-electron chi connectivity index (χ2n) is 7.08. The maximum absolute atomic E-state index is 12.5. The van der Waals surface area contributed by atoms with Crippen molar-refractivity contribution < 1.29 is 9.53 Å². The van der Waals surface area contributed by atoms with Crippen LogP contribution < -0.4 is 10.1 Å². The molecule has 1 N–H and O–H groups in total. The maximum Gasteiger partial charge on any atom is 0.230 e. The van der Waals surface area contributed by atoms with E-state index in [0.29, 0.717) is 12.3 Å². The molecular formula is C22H25N3O2S2. The SMILES string of the molecule is COc1cccc(C(CNC(=O)CSc2nc3ccccc3s2)N2CCCC2)c1. The van der Waals surface area contributed by atoms with Gasteiger partial charge in [0.25, 0.3) is 0 Å². The summed E-state index contributed by atoms with van der Waals surface area (Å²) in [4.78, 5) is 19.6. The van der Waals surface area contributed by atoms with Gasteiger partial charge in [-0.15, -0.1) is 11.3 Å². The van der Waals surface area contributed by atoms with E-state index in [1.54, 1.807) is 18.4 Å². The molecule has 1 amide bonds. The highest BCUT2D eigenvalue weighted by atomic mass is 32.2. The molecule has 4 rings (SSSR count). The summed E-state index contributed by atoms with van der Waals surface area (Å²) < 4.78 is 7.48. The third kappa shape index (κ3) is 5.10. The van der Waals surface area contributed by atoms with E-state index in [2.05, 4.69) is 33.4 Å². The number of rotatable bonds is 8. The van der Waals surface area contributed by atoms with Crippen LogP contribution in [0.5, 0.6) is 5.75 Å². The van der Waals surface area contributed by atoms with Crippen LogP contribution in [-0.2, 0) is 4.79 Å². The van der Waals surface area contributed by atoms with E-state index in [0.717, 1.165) is 33.4 Å². The number of likely N-dealkylation sites (tertiary alicyclic amines) is 1. The Morgan fingerprint density at radius 3 is 2.86 bits per heavy atom. The number of thioether (sulfide) groups is 1. The summed E-state index contributed by atoms with van der Waals surface area (Å²) in [5, 5.41) is 3.13. The quantitative estimate of drug-likeness (QED) is 0.542. The lowest BCUT2D eigenvalue weighted by molar-refractivity contribution is -0.118. The maximum atomic E-state index is 12.5. The van der Waals surface area contributed by atoms with Crippen LogP contribution in [0, 0.1) is 0 Å². The van der Waals surface area contributed by atoms with Gasteiger partial charge in [0.1, 0.15) is 5.75 Å². The summed E-state index contributed by atoms with van der Waals surface area (Å²) in [6.45, 7) is 2.74. The number of methoxy groups -OCH3 is 1. The largest absolute Gasteiger partial charge is 0.497 e. The number of thiazole rings is 1. The smallest absolute Gasteiger partial charge is 0.230 e. The molecule has 5 nitrogen and oxygen atoms in total. The second kappa shape index (κ2) is 9.61. The van der Waals surface area contributed by atoms with Crippen LogP contribution in [0.2, 0.25) is 0 Å². The second-order valence-corrected chi connectivity index (χ2v) is 9.33. The van der Waals surface area contributed by atoms with Crippen molar-refractivity contribution in [1.29, 1.82) is 0 Å². The van der Waals surface area contributed by atoms with Gasteiger partial charge in [-0.2, -0.15) is 0 Å². The molecule has 1 atom stereocenters. The summed E-state index contributed by atoms with van der Waals surface area (Å²) in [6, 6.07) is 16.4. The minimum atomic E-state index is 0.0429. The molecule has 0 aliphatic carbocycles. The van der Waals surface area contributed by atoms with Crippen LogP contribution in [0.4, 0.5) is 0 Å². The van der Waals surface area contributed by atoms with E-state index in [1.807, 2.05) is 30.3 Å². The van der Waals surface area contributed by atoms with E-state index in [-0.39, 0.29) is 11.9 Å². The molecule has 0 saturated carbocycles. The lowest BCUT2D eigenvalue weighted by Crippen LogP contribution is -2.37. The molecule has 1 aromatic heterocycles. The van der Waals surface area contributed by atoms with Crippen molar-refractivity contribution in [2.24, 2.45) is 0 Å². The highest BCUT2D eigenvalue weighted by Gasteiger charge is 2.24. The number of aromatic nitrogens is 1. The first-order chi connectivity index (χ1) is 14.2. The van der Waals surface area contributed by atoms with Crippen LogP contribution in [0.25, 0.3) is 10.2 Å². The first-order valence-electron chi connectivity index (χ1n) is 9.86. The number of nitrogens with zero attached hydrogens (tertiary/aromatic N) is 2. The van der Waals surface area contributed by atoms with Crippen LogP contribution in [0.15, 0.2) is 52.9 Å². The van der Waals surface area contributed by atoms with Gasteiger partial charge < -0.3 is 10.1 Å². The number of ether oxygens (including phenoxy) is 1. The number of carbonyl (C=O) groups is 1. The van der Waals surface area contributed by atoms with Gasteiger partial charge in [-0.05, 0) is 55.8 Å². The highest BCUT2D eigenvalue weighted by molar-refractivity contribution is 8.01. The molecule has 2 heterocycles. The Kier molecular flexibility index (Phi) is 6.69. The molecule has 0 bridgehead atoms. The van der Waals surface area contributed by atoms with E-state index >= 15 is 0 Å². The van der Waals surface area contributed by atoms with Gasteiger partial charge in [0.05, 0.1) is 29.1 Å². The van der Waals surface area contributed by atoms with Gasteiger partial charge in [0.2, 0.25) is 5.91 Å². The van der Waals surface area contributed by atoms with Gasteiger partial charge in [0, 0.05) is 6.54 Å². The zero-order valence-electron chi connectivity index (χ0n) is 16.5. The minimum Gasteiger partial charge on any atom is -0.497 e. The van der Waals surface area contributed by atoms with Gasteiger partial charge in [0.15, 0.2) is 4.34 Å². The molecule has 1 unspecified atom stereocenters. The monoisotopic (exact) mass is 427 g/mol. The van der Waals surface area contributed by atoms with Crippen LogP contribution in [0.3, 0.4) is 0 Å². The molecule has 1 aliphatic heterocycles. The van der Waals surface area contributed by atoms with Gasteiger partial charge >= 0.3 is 0 Å². The number of nitrogens with one attached hydrogen (secondary N) is 1. The molecule has 2 aromatic carbocycles. The van der Waals surface area contributed by atoms with E-state index < -0.39 is 0 Å². The topological polar surface area (TPSA) is 54.5 Å². The number of hydrogen-bond donors (Lipinski definition) is 1. The van der Waals surface area contributed by atoms with Crippen molar-refractivity contribution >= 4 is 39.2 Å². The molecule has 1 saturated heterocycles. The Bertz CT molecular complexity index is 936. The molecule has 0 spiro atoms. The van der Waals surface area contributed by atoms with Crippen LogP contribution in [0.1, 0.15) is 24.4 Å². The predicted octanol–water partition coefficient (Wildman–Crippen LogP) is 4.35. The molecule has 152 valence electrons. The molecular weight excluding hydrogens is 402 g/mol. The van der Waals surface area contributed by atoms with E-state index in [4.69, 9.17) is 4.74 Å². The average Bonchev–Trinajstić information content (AvgIpc) is 3.42. The van der Waals surface area contributed by atoms with Crippen molar-refractivity contribution in [2.45, 2.75) is 23.2 Å². The van der Waals surface area contributed by atoms with E-state index in [9.17, 15) is 4.79 Å². The Hall–Kier alpha value is -2.09. The number of hydrogen-bond acceptors (Lipinski definition) is 6. The van der Waals surface area contributed by atoms with Crippen molar-refractivity contribution in [2.75, 3.05) is 32.5 Å². The Morgan fingerprint density at radius 1 is 1.24 bits per heavy atom. The molecule has 3 aromatic rings. The first kappa shape index (κ1) is 20.2. The summed E-state index contributed by atoms with van der Waals surface area (Å²) in [7, 11) is 1.69. The predicted molar refractivity (Wildman–Crippen MR) is 120 cm³/mol. The van der Waals surface area contributed by atoms with Crippen molar-refractivity contribution in [3.05, 3.63) is 54.1 Å². The fourth-order valence-electron chi connectivity index (χ4n) is 3.66. The number of amides is 1. The lowest BCUT2D eigenvalue weighted by atomic mass is 10.0. The van der Waals surface area contributed by atoms with Crippen molar-refractivity contribution in [3.8, 4) is 5.75 Å². The standard InChI is InChI=1S/C22H25N3O2S2/c1-27-17-8-6-7-16(13-17)19(25-11-4-5-12-25)14-23-21(26)15-28-22-24-18-9-2-3-10-20(18)29-22/h2-3,6-10,13,19H,4-5,11-12,14-15H2,1H3,(H,23,26). The summed E-state index contributed by atoms with van der Waals surface area (Å²) in [6.07, 6.45) is 2.42. The Labute approximate surface area is 179 Å². The average molecular weight is 428 g/mol. The minimum absolute atomic E-state index is 0.0429. The Morgan fingerprint density at radius 2 is 2.07 bits per heavy atom. The van der Waals surface area contributed by atoms with Gasteiger partial charge in [-0.25, -0.2) is 4.98 Å². The van der Waals surface area contributed by atoms with Gasteiger partial charge in [-0.1, -0.05) is 36.0 Å². The number of carbonyl (C=O) groups excluding carboxylic acids is 1. The van der Waals surface area contributed by atoms with Gasteiger partial charge in [-0.3, -0.25) is 9.69 Å². The van der Waals surface area contributed by atoms with Crippen molar-refractivity contribution in [1.82, 2.24) is 15.2 Å². The number of para-hydroxylation sites is 1. The van der Waals surface area contributed by atoms with E-state index in [1.165, 1.54) is 30.2 Å². The van der Waals surface area contributed by atoms with Crippen molar-refractivity contribution in [3.63, 3.8) is 0 Å². The molecule has 1 fully saturated rings. The van der Waals surface area contributed by atoms with Crippen LogP contribution >= 0.6 is 23.1 Å². The molecule has 7 heteroatoms. The fraction of sp³-hybridized carbons (Fsp3) is 0.364. The summed E-state index contributed by atoms with van der Waals surface area (Å²) >= 11 is 3.14. The fourth-order valence-corrected chi connectivity index (χ4v) is 5.56. The summed E-state index contributed by atoms with van der Waals surface area (Å²) in [5.74, 6) is 1.27. The lowest BCUT2D eigenvalue weighted by Gasteiger charge is -2.28. The molecule has 1 aliphatic rings. The van der Waals surface area contributed by atoms with Crippen LogP contribution in [-0.4, -0.2) is 48.3 Å². The zero-order valence-corrected chi connectivity index (χ0v) is 18.1. The third-order valence-corrected chi connectivity index (χ3v) is 7.33. The Balaban J connectivity index is 1.36. The molecule has 0 radical (unpaired) electrons. The first-order valence-corrected chi connectivity index (χ1v) is 11.7. The normalized spacial score (nSPS) is 15.5. The molecule has 29 heavy (non-hydrogen) atoms. The summed E-state index contributed by atoms with van der Waals surface area (Å²) in [5.41, 5.74) is 2.18. The highest BCUT2D eigenvalue weighted by Crippen LogP contribution is 2.30. The third-order valence-electron chi connectivity index (χ3n) is 5.15.